The van der Waals surface area contributed by atoms with Gasteiger partial charge in [-0.3, -0.25) is 4.79 Å². The second kappa shape index (κ2) is 8.19. The monoisotopic (exact) mass is 402 g/mol. The third-order valence-electron chi connectivity index (χ3n) is 4.24. The molecule has 0 aliphatic heterocycles. The molecule has 0 spiro atoms. The van der Waals surface area contributed by atoms with Gasteiger partial charge in [-0.05, 0) is 42.7 Å². The number of aryl methyl sites for hydroxylation is 2. The molecule has 0 aliphatic carbocycles. The standard InChI is InChI=1S/C20H22N2O3S2/c1-3-12-22-17-11-10-15(4-2)13-18(17)26-20(22)21-19(23)14-27(24,25)16-8-6-5-7-9-16/h5-11,13H,3-4,12,14H2,1-2H3. The van der Waals surface area contributed by atoms with Crippen LogP contribution in [-0.4, -0.2) is 24.6 Å². The number of carbonyl (C=O) groups excluding carboxylic acids is 1. The molecule has 142 valence electrons. The Kier molecular flexibility index (Phi) is 5.92. The quantitative estimate of drug-likeness (QED) is 0.633. The Morgan fingerprint density at radius 3 is 2.52 bits per heavy atom. The number of fused-ring (bicyclic) bond motifs is 1. The Hall–Kier alpha value is -2.25. The van der Waals surface area contributed by atoms with Crippen LogP contribution >= 0.6 is 11.3 Å². The molecule has 2 aromatic carbocycles. The van der Waals surface area contributed by atoms with Gasteiger partial charge in [0.25, 0.3) is 5.91 Å². The van der Waals surface area contributed by atoms with Gasteiger partial charge in [-0.25, -0.2) is 8.42 Å². The molecular formula is C20H22N2O3S2. The van der Waals surface area contributed by atoms with Gasteiger partial charge in [0.1, 0.15) is 5.75 Å². The van der Waals surface area contributed by atoms with Crippen molar-refractivity contribution in [1.82, 2.24) is 4.57 Å². The Morgan fingerprint density at radius 1 is 1.11 bits per heavy atom. The first-order chi connectivity index (χ1) is 12.9. The first-order valence-electron chi connectivity index (χ1n) is 8.92. The third-order valence-corrected chi connectivity index (χ3v) is 6.90. The van der Waals surface area contributed by atoms with Crippen LogP contribution in [0.15, 0.2) is 58.4 Å². The van der Waals surface area contributed by atoms with Gasteiger partial charge in [0.2, 0.25) is 0 Å². The summed E-state index contributed by atoms with van der Waals surface area (Å²) in [6.07, 6.45) is 1.83. The largest absolute Gasteiger partial charge is 0.316 e. The second-order valence-corrected chi connectivity index (χ2v) is 9.27. The summed E-state index contributed by atoms with van der Waals surface area (Å²) in [5, 5.41) is 0. The summed E-state index contributed by atoms with van der Waals surface area (Å²) in [4.78, 5) is 17.2. The fraction of sp³-hybridized carbons (Fsp3) is 0.300. The van der Waals surface area contributed by atoms with Crippen molar-refractivity contribution in [2.75, 3.05) is 5.75 Å². The fourth-order valence-electron chi connectivity index (χ4n) is 2.88. The van der Waals surface area contributed by atoms with Crippen LogP contribution in [0.3, 0.4) is 0 Å². The summed E-state index contributed by atoms with van der Waals surface area (Å²) in [7, 11) is -3.69. The smallest absolute Gasteiger partial charge is 0.263 e. The molecule has 1 heterocycles. The Bertz CT molecular complexity index is 1130. The van der Waals surface area contributed by atoms with Crippen LogP contribution < -0.4 is 4.80 Å². The lowest BCUT2D eigenvalue weighted by Crippen LogP contribution is -2.21. The molecule has 0 atom stereocenters. The number of sulfone groups is 1. The predicted octanol–water partition coefficient (Wildman–Crippen LogP) is 3.58. The van der Waals surface area contributed by atoms with E-state index in [0.29, 0.717) is 4.80 Å². The van der Waals surface area contributed by atoms with E-state index in [4.69, 9.17) is 0 Å². The van der Waals surface area contributed by atoms with Gasteiger partial charge < -0.3 is 4.57 Å². The van der Waals surface area contributed by atoms with Crippen molar-refractivity contribution in [1.29, 1.82) is 0 Å². The zero-order valence-electron chi connectivity index (χ0n) is 15.4. The van der Waals surface area contributed by atoms with Crippen LogP contribution in [0.2, 0.25) is 0 Å². The molecule has 0 unspecified atom stereocenters. The van der Waals surface area contributed by atoms with E-state index in [1.54, 1.807) is 18.2 Å². The molecule has 3 rings (SSSR count). The fourth-order valence-corrected chi connectivity index (χ4v) is 5.14. The molecule has 1 amide bonds. The van der Waals surface area contributed by atoms with E-state index in [1.165, 1.54) is 29.0 Å². The van der Waals surface area contributed by atoms with E-state index in [2.05, 4.69) is 31.0 Å². The highest BCUT2D eigenvalue weighted by Gasteiger charge is 2.19. The SMILES string of the molecule is CCCn1c(=NC(=O)CS(=O)(=O)c2ccccc2)sc2cc(CC)ccc21. The number of nitrogens with zero attached hydrogens (tertiary/aromatic N) is 2. The summed E-state index contributed by atoms with van der Waals surface area (Å²) in [6.45, 7) is 4.88. The normalized spacial score (nSPS) is 12.6. The first-order valence-corrected chi connectivity index (χ1v) is 11.4. The van der Waals surface area contributed by atoms with E-state index in [-0.39, 0.29) is 4.90 Å². The van der Waals surface area contributed by atoms with Crippen molar-refractivity contribution in [3.8, 4) is 0 Å². The van der Waals surface area contributed by atoms with Gasteiger partial charge in [-0.1, -0.05) is 49.4 Å². The lowest BCUT2D eigenvalue weighted by molar-refractivity contribution is -0.115. The minimum atomic E-state index is -3.69. The number of aromatic nitrogens is 1. The zero-order chi connectivity index (χ0) is 19.4. The van der Waals surface area contributed by atoms with Gasteiger partial charge in [-0.2, -0.15) is 4.99 Å². The number of hydrogen-bond donors (Lipinski definition) is 0. The summed E-state index contributed by atoms with van der Waals surface area (Å²) in [6, 6.07) is 14.2. The van der Waals surface area contributed by atoms with Crippen LogP contribution in [0, 0.1) is 0 Å². The maximum Gasteiger partial charge on any atom is 0.263 e. The molecule has 0 fully saturated rings. The molecule has 27 heavy (non-hydrogen) atoms. The summed E-state index contributed by atoms with van der Waals surface area (Å²) >= 11 is 1.42. The van der Waals surface area contributed by atoms with E-state index < -0.39 is 21.5 Å². The van der Waals surface area contributed by atoms with E-state index in [0.717, 1.165) is 29.6 Å². The lowest BCUT2D eigenvalue weighted by atomic mass is 10.2. The first kappa shape index (κ1) is 19.5. The number of benzene rings is 2. The average molecular weight is 403 g/mol. The van der Waals surface area contributed by atoms with Crippen LogP contribution in [-0.2, 0) is 27.6 Å². The molecule has 0 aliphatic rings. The Balaban J connectivity index is 1.99. The van der Waals surface area contributed by atoms with Crippen molar-refractivity contribution in [3.63, 3.8) is 0 Å². The average Bonchev–Trinajstić information content (AvgIpc) is 2.98. The van der Waals surface area contributed by atoms with Gasteiger partial charge in [-0.15, -0.1) is 0 Å². The molecule has 0 saturated carbocycles. The van der Waals surface area contributed by atoms with Crippen molar-refractivity contribution < 1.29 is 13.2 Å². The molecule has 0 saturated heterocycles. The van der Waals surface area contributed by atoms with Crippen LogP contribution in [0.5, 0.6) is 0 Å². The van der Waals surface area contributed by atoms with E-state index in [1.807, 2.05) is 10.6 Å². The number of rotatable bonds is 6. The second-order valence-electron chi connectivity index (χ2n) is 6.27. The number of thiazole rings is 1. The predicted molar refractivity (Wildman–Crippen MR) is 109 cm³/mol. The Morgan fingerprint density at radius 2 is 1.85 bits per heavy atom. The topological polar surface area (TPSA) is 68.5 Å². The maximum atomic E-state index is 12.4. The van der Waals surface area contributed by atoms with Crippen molar-refractivity contribution in [3.05, 3.63) is 58.9 Å². The highest BCUT2D eigenvalue weighted by molar-refractivity contribution is 7.92. The molecule has 7 heteroatoms. The maximum absolute atomic E-state index is 12.4. The molecule has 3 aromatic rings. The van der Waals surface area contributed by atoms with Crippen LogP contribution in [0.25, 0.3) is 10.2 Å². The highest BCUT2D eigenvalue weighted by atomic mass is 32.2. The van der Waals surface area contributed by atoms with Gasteiger partial charge >= 0.3 is 0 Å². The lowest BCUT2D eigenvalue weighted by Gasteiger charge is -2.04. The van der Waals surface area contributed by atoms with Gasteiger partial charge in [0, 0.05) is 6.54 Å². The van der Waals surface area contributed by atoms with Gasteiger partial charge in [0.15, 0.2) is 14.6 Å². The van der Waals surface area contributed by atoms with Crippen molar-refractivity contribution in [2.24, 2.45) is 4.99 Å². The van der Waals surface area contributed by atoms with Crippen LogP contribution in [0.4, 0.5) is 0 Å². The molecular weight excluding hydrogens is 380 g/mol. The minimum Gasteiger partial charge on any atom is -0.316 e. The molecule has 5 nitrogen and oxygen atoms in total. The molecule has 0 N–H and O–H groups in total. The van der Waals surface area contributed by atoms with Gasteiger partial charge in [0.05, 0.1) is 15.1 Å². The molecule has 0 bridgehead atoms. The molecule has 1 aromatic heterocycles. The minimum absolute atomic E-state index is 0.138. The summed E-state index contributed by atoms with van der Waals surface area (Å²) in [5.41, 5.74) is 2.24. The molecule has 0 radical (unpaired) electrons. The Labute approximate surface area is 162 Å². The van der Waals surface area contributed by atoms with Crippen molar-refractivity contribution in [2.45, 2.75) is 38.1 Å². The highest BCUT2D eigenvalue weighted by Crippen LogP contribution is 2.20. The van der Waals surface area contributed by atoms with Crippen molar-refractivity contribution >= 4 is 37.3 Å². The summed E-state index contributed by atoms with van der Waals surface area (Å²) in [5.74, 6) is -1.27. The number of amides is 1. The third kappa shape index (κ3) is 4.36. The van der Waals surface area contributed by atoms with E-state index in [9.17, 15) is 13.2 Å². The van der Waals surface area contributed by atoms with Crippen LogP contribution in [0.1, 0.15) is 25.8 Å². The number of carbonyl (C=O) groups is 1. The number of hydrogen-bond acceptors (Lipinski definition) is 4. The zero-order valence-corrected chi connectivity index (χ0v) is 17.0. The summed E-state index contributed by atoms with van der Waals surface area (Å²) < 4.78 is 27.9. The van der Waals surface area contributed by atoms with E-state index >= 15 is 0 Å².